The van der Waals surface area contributed by atoms with Gasteiger partial charge in [-0.3, -0.25) is 4.79 Å². The van der Waals surface area contributed by atoms with Crippen LogP contribution >= 0.6 is 11.6 Å². The van der Waals surface area contributed by atoms with E-state index in [0.717, 1.165) is 23.3 Å². The minimum absolute atomic E-state index is 0.0211. The molecule has 0 unspecified atom stereocenters. The van der Waals surface area contributed by atoms with E-state index in [1.54, 1.807) is 12.1 Å². The molecule has 5 heteroatoms. The lowest BCUT2D eigenvalue weighted by Gasteiger charge is -2.14. The van der Waals surface area contributed by atoms with Crippen LogP contribution in [0.2, 0.25) is 5.02 Å². The Morgan fingerprint density at radius 2 is 1.78 bits per heavy atom. The zero-order valence-electron chi connectivity index (χ0n) is 13.0. The highest BCUT2D eigenvalue weighted by molar-refractivity contribution is 6.33. The Balaban J connectivity index is 2.14. The Hall–Kier alpha value is -2.20. The van der Waals surface area contributed by atoms with Crippen LogP contribution in [0.25, 0.3) is 0 Å². The molecule has 0 aromatic heterocycles. The van der Waals surface area contributed by atoms with E-state index in [0.29, 0.717) is 5.56 Å². The quantitative estimate of drug-likeness (QED) is 0.609. The van der Waals surface area contributed by atoms with Crippen molar-refractivity contribution in [2.75, 3.05) is 0 Å². The predicted octanol–water partition coefficient (Wildman–Crippen LogP) is 4.52. The first kappa shape index (κ1) is 17.2. The van der Waals surface area contributed by atoms with E-state index in [4.69, 9.17) is 16.3 Å². The number of hydrogen-bond donors (Lipinski definition) is 0. The summed E-state index contributed by atoms with van der Waals surface area (Å²) in [6.07, 6.45) is -0.967. The van der Waals surface area contributed by atoms with Crippen LogP contribution in [0.3, 0.4) is 0 Å². The maximum Gasteiger partial charge on any atom is 0.340 e. The molecule has 0 aliphatic carbocycles. The van der Waals surface area contributed by atoms with Crippen molar-refractivity contribution < 1.29 is 18.7 Å². The minimum Gasteiger partial charge on any atom is -0.451 e. The number of hydrogen-bond acceptors (Lipinski definition) is 3. The lowest BCUT2D eigenvalue weighted by atomic mass is 10.0. The number of ketones is 1. The molecule has 2 aromatic rings. The van der Waals surface area contributed by atoms with Crippen LogP contribution in [0.15, 0.2) is 36.4 Å². The van der Waals surface area contributed by atoms with Crippen molar-refractivity contribution in [3.63, 3.8) is 0 Å². The Bertz CT molecular complexity index is 771. The molecule has 0 N–H and O–H groups in total. The normalized spacial score (nSPS) is 11.9. The molecule has 0 radical (unpaired) electrons. The zero-order chi connectivity index (χ0) is 17.1. The molecule has 0 aliphatic rings. The Kier molecular flexibility index (Phi) is 5.16. The van der Waals surface area contributed by atoms with Crippen molar-refractivity contribution in [2.45, 2.75) is 26.9 Å². The van der Waals surface area contributed by atoms with Gasteiger partial charge in [-0.1, -0.05) is 23.7 Å². The Morgan fingerprint density at radius 3 is 2.39 bits per heavy atom. The fraction of sp³-hybridized carbons (Fsp3) is 0.222. The second kappa shape index (κ2) is 6.92. The second-order valence-corrected chi connectivity index (χ2v) is 5.74. The number of carbonyl (C=O) groups excluding carboxylic acids is 2. The van der Waals surface area contributed by atoms with Crippen molar-refractivity contribution in [3.05, 3.63) is 69.5 Å². The SMILES string of the molecule is Cc1ccc(C(=O)[C@H](C)OC(=O)c2ccc(F)cc2Cl)cc1C. The van der Waals surface area contributed by atoms with Gasteiger partial charge in [0.15, 0.2) is 6.10 Å². The average Bonchev–Trinajstić information content (AvgIpc) is 2.49. The maximum atomic E-state index is 13.0. The summed E-state index contributed by atoms with van der Waals surface area (Å²) in [4.78, 5) is 24.4. The van der Waals surface area contributed by atoms with Crippen LogP contribution in [0.1, 0.15) is 38.8 Å². The summed E-state index contributed by atoms with van der Waals surface area (Å²) >= 11 is 5.82. The largest absolute Gasteiger partial charge is 0.451 e. The number of ether oxygens (including phenoxy) is 1. The topological polar surface area (TPSA) is 43.4 Å². The number of rotatable bonds is 4. The molecule has 0 heterocycles. The molecule has 0 amide bonds. The third kappa shape index (κ3) is 3.96. The minimum atomic E-state index is -0.967. The number of Topliss-reactive ketones (excluding diaryl/α,β-unsaturated/α-hetero) is 1. The zero-order valence-corrected chi connectivity index (χ0v) is 13.8. The van der Waals surface area contributed by atoms with E-state index in [9.17, 15) is 14.0 Å². The smallest absolute Gasteiger partial charge is 0.340 e. The first-order chi connectivity index (χ1) is 10.8. The standard InChI is InChI=1S/C18H16ClFO3/c1-10-4-5-13(8-11(10)2)17(21)12(3)23-18(22)15-7-6-14(20)9-16(15)19/h4-9,12H,1-3H3/t12-/m0/s1. The van der Waals surface area contributed by atoms with E-state index in [-0.39, 0.29) is 16.4 Å². The number of benzene rings is 2. The highest BCUT2D eigenvalue weighted by Crippen LogP contribution is 2.20. The fourth-order valence-electron chi connectivity index (χ4n) is 2.06. The number of aryl methyl sites for hydroxylation is 2. The van der Waals surface area contributed by atoms with Gasteiger partial charge in [0.05, 0.1) is 10.6 Å². The molecule has 1 atom stereocenters. The van der Waals surface area contributed by atoms with E-state index < -0.39 is 17.9 Å². The van der Waals surface area contributed by atoms with Gasteiger partial charge in [-0.15, -0.1) is 0 Å². The van der Waals surface area contributed by atoms with Gasteiger partial charge in [0.25, 0.3) is 0 Å². The van der Waals surface area contributed by atoms with Gasteiger partial charge in [0, 0.05) is 5.56 Å². The highest BCUT2D eigenvalue weighted by atomic mass is 35.5. The van der Waals surface area contributed by atoms with Crippen molar-refractivity contribution >= 4 is 23.4 Å². The molecule has 0 fully saturated rings. The van der Waals surface area contributed by atoms with Crippen LogP contribution in [-0.4, -0.2) is 17.9 Å². The van der Waals surface area contributed by atoms with Crippen molar-refractivity contribution in [1.82, 2.24) is 0 Å². The number of carbonyl (C=O) groups is 2. The van der Waals surface area contributed by atoms with Crippen molar-refractivity contribution in [2.24, 2.45) is 0 Å². The Labute approximate surface area is 139 Å². The molecular formula is C18H16ClFO3. The molecule has 0 bridgehead atoms. The van der Waals surface area contributed by atoms with E-state index >= 15 is 0 Å². The molecule has 0 spiro atoms. The van der Waals surface area contributed by atoms with E-state index in [2.05, 4.69) is 0 Å². The van der Waals surface area contributed by atoms with Gasteiger partial charge in [0.2, 0.25) is 5.78 Å². The number of esters is 1. The molecule has 120 valence electrons. The molecule has 3 nitrogen and oxygen atoms in total. The van der Waals surface area contributed by atoms with Gasteiger partial charge in [-0.25, -0.2) is 9.18 Å². The van der Waals surface area contributed by atoms with Gasteiger partial charge >= 0.3 is 5.97 Å². The van der Waals surface area contributed by atoms with Gasteiger partial charge in [-0.2, -0.15) is 0 Å². The third-order valence-electron chi connectivity index (χ3n) is 3.60. The van der Waals surface area contributed by atoms with Crippen LogP contribution in [0, 0.1) is 19.7 Å². The fourth-order valence-corrected chi connectivity index (χ4v) is 2.31. The Morgan fingerprint density at radius 1 is 1.09 bits per heavy atom. The summed E-state index contributed by atoms with van der Waals surface area (Å²) in [5, 5.41) is -0.0548. The molecule has 0 aliphatic heterocycles. The molecule has 23 heavy (non-hydrogen) atoms. The summed E-state index contributed by atoms with van der Waals surface area (Å²) in [7, 11) is 0. The molecular weight excluding hydrogens is 319 g/mol. The van der Waals surface area contributed by atoms with E-state index in [1.807, 2.05) is 19.9 Å². The highest BCUT2D eigenvalue weighted by Gasteiger charge is 2.22. The van der Waals surface area contributed by atoms with Crippen LogP contribution < -0.4 is 0 Å². The molecule has 0 saturated carbocycles. The average molecular weight is 335 g/mol. The molecule has 2 rings (SSSR count). The number of halogens is 2. The van der Waals surface area contributed by atoms with Crippen LogP contribution in [0.4, 0.5) is 4.39 Å². The molecule has 0 saturated heterocycles. The lowest BCUT2D eigenvalue weighted by molar-refractivity contribution is 0.0319. The summed E-state index contributed by atoms with van der Waals surface area (Å²) in [5.41, 5.74) is 2.55. The van der Waals surface area contributed by atoms with Gasteiger partial charge in [0.1, 0.15) is 5.82 Å². The third-order valence-corrected chi connectivity index (χ3v) is 3.91. The molecule has 2 aromatic carbocycles. The summed E-state index contributed by atoms with van der Waals surface area (Å²) in [6.45, 7) is 5.34. The maximum absolute atomic E-state index is 13.0. The second-order valence-electron chi connectivity index (χ2n) is 5.33. The van der Waals surface area contributed by atoms with Crippen molar-refractivity contribution in [1.29, 1.82) is 0 Å². The van der Waals surface area contributed by atoms with Crippen molar-refractivity contribution in [3.8, 4) is 0 Å². The first-order valence-electron chi connectivity index (χ1n) is 7.07. The first-order valence-corrected chi connectivity index (χ1v) is 7.45. The summed E-state index contributed by atoms with van der Waals surface area (Å²) in [6, 6.07) is 8.65. The summed E-state index contributed by atoms with van der Waals surface area (Å²) in [5.74, 6) is -1.62. The van der Waals surface area contributed by atoms with Crippen LogP contribution in [-0.2, 0) is 4.74 Å². The van der Waals surface area contributed by atoms with E-state index in [1.165, 1.54) is 13.0 Å². The lowest BCUT2D eigenvalue weighted by Crippen LogP contribution is -2.24. The summed E-state index contributed by atoms with van der Waals surface area (Å²) < 4.78 is 18.2. The monoisotopic (exact) mass is 334 g/mol. The van der Waals surface area contributed by atoms with Gasteiger partial charge < -0.3 is 4.74 Å². The predicted molar refractivity (Wildman–Crippen MR) is 86.5 cm³/mol. The van der Waals surface area contributed by atoms with Gasteiger partial charge in [-0.05, 0) is 56.2 Å². The van der Waals surface area contributed by atoms with Crippen LogP contribution in [0.5, 0.6) is 0 Å².